The fourth-order valence-corrected chi connectivity index (χ4v) is 4.62. The molecule has 0 saturated heterocycles. The zero-order chi connectivity index (χ0) is 19.7. The van der Waals surface area contributed by atoms with E-state index in [0.29, 0.717) is 22.2 Å². The lowest BCUT2D eigenvalue weighted by Crippen LogP contribution is -2.11. The van der Waals surface area contributed by atoms with Crippen LogP contribution in [0, 0.1) is 0 Å². The highest BCUT2D eigenvalue weighted by Gasteiger charge is 2.24. The van der Waals surface area contributed by atoms with E-state index in [1.807, 2.05) is 12.1 Å². The van der Waals surface area contributed by atoms with Gasteiger partial charge in [0.15, 0.2) is 0 Å². The van der Waals surface area contributed by atoms with E-state index in [-0.39, 0.29) is 11.5 Å². The monoisotopic (exact) mass is 394 g/mol. The largest absolute Gasteiger partial charge is 0.462 e. The number of fused-ring (bicyclic) bond motifs is 1. The van der Waals surface area contributed by atoms with Gasteiger partial charge in [0.25, 0.3) is 10.0 Å². The number of benzene rings is 2. The molecule has 2 heterocycles. The van der Waals surface area contributed by atoms with Crippen molar-refractivity contribution in [3.05, 3.63) is 78.8 Å². The molecule has 0 aliphatic heterocycles. The number of carbonyl (C=O) groups is 1. The third-order valence-electron chi connectivity index (χ3n) is 4.51. The molecular weight excluding hydrogens is 376 g/mol. The van der Waals surface area contributed by atoms with Gasteiger partial charge >= 0.3 is 5.97 Å². The summed E-state index contributed by atoms with van der Waals surface area (Å²) in [5.41, 5.74) is 2.13. The van der Waals surface area contributed by atoms with Crippen LogP contribution in [0.1, 0.15) is 17.3 Å². The summed E-state index contributed by atoms with van der Waals surface area (Å²) in [6.45, 7) is 2.00. The lowest BCUT2D eigenvalue weighted by atomic mass is 10.0. The van der Waals surface area contributed by atoms with Gasteiger partial charge in [0.2, 0.25) is 0 Å². The molecule has 0 amide bonds. The van der Waals surface area contributed by atoms with Gasteiger partial charge in [-0.15, -0.1) is 0 Å². The first-order chi connectivity index (χ1) is 13.5. The number of ether oxygens (including phenoxy) is 1. The third kappa shape index (κ3) is 2.90. The van der Waals surface area contributed by atoms with Gasteiger partial charge in [-0.1, -0.05) is 36.4 Å². The van der Waals surface area contributed by atoms with Gasteiger partial charge in [-0.3, -0.25) is 0 Å². The predicted octanol–water partition coefficient (Wildman–Crippen LogP) is 4.05. The maximum atomic E-state index is 13.2. The quantitative estimate of drug-likeness (QED) is 0.518. The van der Waals surface area contributed by atoms with Crippen molar-refractivity contribution in [2.24, 2.45) is 0 Å². The summed E-state index contributed by atoms with van der Waals surface area (Å²) in [4.78, 5) is 15.4. The molecule has 0 aliphatic rings. The summed E-state index contributed by atoms with van der Waals surface area (Å²) in [5.74, 6) is -0.457. The lowest BCUT2D eigenvalue weighted by Gasteiger charge is -2.07. The summed E-state index contributed by atoms with van der Waals surface area (Å²) in [5, 5.41) is 0.729. The minimum Gasteiger partial charge on any atom is -0.462 e. The standard InChI is InChI=1S/C21H18N2O4S/c1-2-27-21(24)18-13-22-12-17(18)19-14-23(20-11-7-6-10-16(19)20)28(25,26)15-8-4-3-5-9-15/h3-14,22H,2H2,1H3. The van der Waals surface area contributed by atoms with Crippen LogP contribution in [0.5, 0.6) is 0 Å². The average Bonchev–Trinajstić information content (AvgIpc) is 3.34. The fraction of sp³-hybridized carbons (Fsp3) is 0.0952. The molecule has 6 nitrogen and oxygen atoms in total. The Kier molecular flexibility index (Phi) is 4.52. The molecule has 0 atom stereocenters. The van der Waals surface area contributed by atoms with Crippen LogP contribution in [-0.4, -0.2) is 30.0 Å². The van der Waals surface area contributed by atoms with Gasteiger partial charge < -0.3 is 9.72 Å². The molecule has 0 aliphatic carbocycles. The molecule has 0 radical (unpaired) electrons. The van der Waals surface area contributed by atoms with Crippen molar-refractivity contribution >= 4 is 26.9 Å². The summed E-state index contributed by atoms with van der Waals surface area (Å²) >= 11 is 0. The Morgan fingerprint density at radius 1 is 1.00 bits per heavy atom. The van der Waals surface area contributed by atoms with Crippen LogP contribution in [0.4, 0.5) is 0 Å². The van der Waals surface area contributed by atoms with Crippen molar-refractivity contribution in [3.8, 4) is 11.1 Å². The van der Waals surface area contributed by atoms with Gasteiger partial charge in [-0.05, 0) is 25.1 Å². The van der Waals surface area contributed by atoms with Gasteiger partial charge in [-0.25, -0.2) is 17.2 Å². The van der Waals surface area contributed by atoms with E-state index in [0.717, 1.165) is 5.39 Å². The van der Waals surface area contributed by atoms with Crippen molar-refractivity contribution < 1.29 is 17.9 Å². The van der Waals surface area contributed by atoms with Crippen LogP contribution in [0.3, 0.4) is 0 Å². The second kappa shape index (κ2) is 7.01. The van der Waals surface area contributed by atoms with Gasteiger partial charge in [0, 0.05) is 35.1 Å². The number of H-pyrrole nitrogens is 1. The smallest absolute Gasteiger partial charge is 0.340 e. The SMILES string of the molecule is CCOC(=O)c1c[nH]cc1-c1cn(S(=O)(=O)c2ccccc2)c2ccccc12. The highest BCUT2D eigenvalue weighted by Crippen LogP contribution is 2.35. The number of rotatable bonds is 5. The number of para-hydroxylation sites is 1. The van der Waals surface area contributed by atoms with Gasteiger partial charge in [0.1, 0.15) is 0 Å². The second-order valence-electron chi connectivity index (χ2n) is 6.18. The van der Waals surface area contributed by atoms with Crippen molar-refractivity contribution in [2.45, 2.75) is 11.8 Å². The third-order valence-corrected chi connectivity index (χ3v) is 6.20. The number of aromatic amines is 1. The summed E-state index contributed by atoms with van der Waals surface area (Å²) < 4.78 is 32.8. The first-order valence-corrected chi connectivity index (χ1v) is 10.2. The van der Waals surface area contributed by atoms with Crippen LogP contribution in [0.15, 0.2) is 78.1 Å². The molecular formula is C21H18N2O4S. The maximum absolute atomic E-state index is 13.2. The highest BCUT2D eigenvalue weighted by molar-refractivity contribution is 7.90. The molecule has 1 N–H and O–H groups in total. The molecule has 0 unspecified atom stereocenters. The molecule has 4 rings (SSSR count). The van der Waals surface area contributed by atoms with Crippen LogP contribution in [0.2, 0.25) is 0 Å². The Morgan fingerprint density at radius 3 is 2.46 bits per heavy atom. The van der Waals surface area contributed by atoms with Crippen molar-refractivity contribution in [1.82, 2.24) is 8.96 Å². The summed E-state index contributed by atoms with van der Waals surface area (Å²) in [6.07, 6.45) is 4.79. The number of aromatic nitrogens is 2. The van der Waals surface area contributed by atoms with Crippen molar-refractivity contribution in [1.29, 1.82) is 0 Å². The lowest BCUT2D eigenvalue weighted by molar-refractivity contribution is 0.0527. The summed E-state index contributed by atoms with van der Waals surface area (Å²) in [6, 6.07) is 15.5. The van der Waals surface area contributed by atoms with Crippen LogP contribution >= 0.6 is 0 Å². The van der Waals surface area contributed by atoms with Crippen LogP contribution < -0.4 is 0 Å². The van der Waals surface area contributed by atoms with Crippen molar-refractivity contribution in [2.75, 3.05) is 6.61 Å². The molecule has 142 valence electrons. The number of hydrogen-bond acceptors (Lipinski definition) is 4. The zero-order valence-corrected chi connectivity index (χ0v) is 15.9. The van der Waals surface area contributed by atoms with Crippen LogP contribution in [0.25, 0.3) is 22.0 Å². The van der Waals surface area contributed by atoms with E-state index in [4.69, 9.17) is 4.74 Å². The number of carbonyl (C=O) groups excluding carboxylic acids is 1. The Hall–Kier alpha value is -3.32. The molecule has 2 aromatic heterocycles. The molecule has 28 heavy (non-hydrogen) atoms. The minimum atomic E-state index is -3.79. The first-order valence-electron chi connectivity index (χ1n) is 8.79. The van der Waals surface area contributed by atoms with E-state index < -0.39 is 16.0 Å². The Bertz CT molecular complexity index is 1250. The Morgan fingerprint density at radius 2 is 1.71 bits per heavy atom. The Labute approximate surface area is 162 Å². The molecule has 0 bridgehead atoms. The number of hydrogen-bond donors (Lipinski definition) is 1. The van der Waals surface area contributed by atoms with E-state index >= 15 is 0 Å². The molecule has 7 heteroatoms. The molecule has 2 aromatic carbocycles. The summed E-state index contributed by atoms with van der Waals surface area (Å²) in [7, 11) is -3.79. The van der Waals surface area contributed by atoms with Crippen molar-refractivity contribution in [3.63, 3.8) is 0 Å². The topological polar surface area (TPSA) is 81.2 Å². The second-order valence-corrected chi connectivity index (χ2v) is 7.99. The van der Waals surface area contributed by atoms with E-state index in [9.17, 15) is 13.2 Å². The molecule has 4 aromatic rings. The van der Waals surface area contributed by atoms with E-state index in [2.05, 4.69) is 4.98 Å². The zero-order valence-electron chi connectivity index (χ0n) is 15.1. The number of nitrogens with zero attached hydrogens (tertiary/aromatic N) is 1. The first kappa shape index (κ1) is 18.1. The predicted molar refractivity (Wildman–Crippen MR) is 107 cm³/mol. The van der Waals surface area contributed by atoms with Gasteiger partial charge in [-0.2, -0.15) is 0 Å². The fourth-order valence-electron chi connectivity index (χ4n) is 3.23. The molecule has 0 fully saturated rings. The maximum Gasteiger partial charge on any atom is 0.340 e. The normalized spacial score (nSPS) is 11.6. The number of esters is 1. The number of nitrogens with one attached hydrogen (secondary N) is 1. The van der Waals surface area contributed by atoms with E-state index in [1.165, 1.54) is 3.97 Å². The van der Waals surface area contributed by atoms with E-state index in [1.54, 1.807) is 68.0 Å². The minimum absolute atomic E-state index is 0.196. The highest BCUT2D eigenvalue weighted by atomic mass is 32.2. The average molecular weight is 394 g/mol. The Balaban J connectivity index is 1.95. The van der Waals surface area contributed by atoms with Gasteiger partial charge in [0.05, 0.1) is 22.6 Å². The molecule has 0 saturated carbocycles. The van der Waals surface area contributed by atoms with Crippen LogP contribution in [-0.2, 0) is 14.8 Å². The molecule has 0 spiro atoms.